The lowest BCUT2D eigenvalue weighted by Gasteiger charge is -2.48. The topological polar surface area (TPSA) is 55.4 Å². The first-order valence-electron chi connectivity index (χ1n) is 12.3. The summed E-state index contributed by atoms with van der Waals surface area (Å²) >= 11 is 0. The minimum atomic E-state index is -2.74. The highest BCUT2D eigenvalue weighted by Gasteiger charge is 2.55. The van der Waals surface area contributed by atoms with E-state index >= 15 is 0 Å². The fourth-order valence-electron chi connectivity index (χ4n) is 3.84. The van der Waals surface area contributed by atoms with Crippen LogP contribution in [0.2, 0.25) is 57.9 Å². The molecule has 1 fully saturated rings. The normalized spacial score (nSPS) is 32.2. The van der Waals surface area contributed by atoms with E-state index in [0.29, 0.717) is 13.2 Å². The summed E-state index contributed by atoms with van der Waals surface area (Å²) in [5.41, 5.74) is 9.45. The summed E-state index contributed by atoms with van der Waals surface area (Å²) < 4.78 is 39.4. The second-order valence-electron chi connectivity index (χ2n) is 10.4. The third kappa shape index (κ3) is 10.6. The molecule has 0 bridgehead atoms. The van der Waals surface area contributed by atoms with Gasteiger partial charge in [-0.15, -0.1) is 32.9 Å². The van der Waals surface area contributed by atoms with Crippen molar-refractivity contribution >= 4 is 50.9 Å². The Balaban J connectivity index is 3.00. The summed E-state index contributed by atoms with van der Waals surface area (Å²) in [6, 6.07) is 1.55. The average Bonchev–Trinajstić information content (AvgIpc) is 2.78. The molecule has 0 saturated carbocycles. The van der Waals surface area contributed by atoms with Gasteiger partial charge in [0.15, 0.2) is 0 Å². The molecule has 0 amide bonds. The maximum atomic E-state index is 6.81. The zero-order valence-corrected chi connectivity index (χ0v) is 29.1. The number of hydrogen-bond donors (Lipinski definition) is 0. The van der Waals surface area contributed by atoms with Gasteiger partial charge in [-0.25, -0.2) is 0 Å². The van der Waals surface area contributed by atoms with Crippen LogP contribution in [-0.2, 0) is 25.3 Å². The van der Waals surface area contributed by atoms with Crippen molar-refractivity contribution in [1.82, 2.24) is 0 Å². The van der Waals surface area contributed by atoms with Crippen LogP contribution in [0.25, 0.3) is 0 Å². The monoisotopic (exact) mass is 588 g/mol. The Hall–Kier alpha value is -0.239. The van der Waals surface area contributed by atoms with Crippen molar-refractivity contribution in [2.45, 2.75) is 70.8 Å². The van der Waals surface area contributed by atoms with Gasteiger partial charge in [-0.1, -0.05) is 28.5 Å². The van der Waals surface area contributed by atoms with Gasteiger partial charge in [0.05, 0.1) is 0 Å². The molecule has 2 unspecified atom stereocenters. The van der Waals surface area contributed by atoms with Gasteiger partial charge in [-0.2, -0.15) is 0 Å². The summed E-state index contributed by atoms with van der Waals surface area (Å²) in [4.78, 5) is 0. The van der Waals surface area contributed by atoms with Gasteiger partial charge < -0.3 is 25.3 Å². The van der Waals surface area contributed by atoms with E-state index in [9.17, 15) is 0 Å². The Morgan fingerprint density at radius 2 is 1.00 bits per heavy atom. The minimum Gasteiger partial charge on any atom is -0.414 e. The van der Waals surface area contributed by atoms with Gasteiger partial charge in [0, 0.05) is 13.2 Å². The van der Waals surface area contributed by atoms with Gasteiger partial charge >= 0.3 is 34.2 Å². The maximum Gasteiger partial charge on any atom is 0.343 e. The van der Waals surface area contributed by atoms with Crippen LogP contribution in [-0.4, -0.2) is 64.1 Å². The first kappa shape index (κ1) is 32.8. The van der Waals surface area contributed by atoms with E-state index in [-0.39, 0.29) is 0 Å². The predicted molar refractivity (Wildman–Crippen MR) is 162 cm³/mol. The molecule has 0 aromatic carbocycles. The van der Waals surface area contributed by atoms with Crippen molar-refractivity contribution < 1.29 is 25.3 Å². The molecular formula is C23H48O6Si6. The molecule has 35 heavy (non-hydrogen) atoms. The van der Waals surface area contributed by atoms with Crippen LogP contribution >= 0.6 is 0 Å². The van der Waals surface area contributed by atoms with Crippen molar-refractivity contribution in [2.24, 2.45) is 0 Å². The number of rotatable bonds is 15. The van der Waals surface area contributed by atoms with Gasteiger partial charge in [0.1, 0.15) is 0 Å². The van der Waals surface area contributed by atoms with E-state index < -0.39 is 50.9 Å². The van der Waals surface area contributed by atoms with Gasteiger partial charge in [0.25, 0.3) is 0 Å². The lowest BCUT2D eigenvalue weighted by molar-refractivity contribution is 0.228. The van der Waals surface area contributed by atoms with Crippen LogP contribution in [0.3, 0.4) is 0 Å². The fourth-order valence-corrected chi connectivity index (χ4v) is 26.0. The first-order chi connectivity index (χ1) is 16.0. The molecule has 0 N–H and O–H groups in total. The molecule has 0 aliphatic carbocycles. The maximum absolute atomic E-state index is 6.81. The van der Waals surface area contributed by atoms with E-state index in [0.717, 1.165) is 24.9 Å². The summed E-state index contributed by atoms with van der Waals surface area (Å²) in [6.45, 7) is 35.8. The Kier molecular flexibility index (Phi) is 12.2. The SMILES string of the molecule is C=C[Si](C)(C)OCCC[Si]1(C)O[Si](C)(C=C)O[Si](C)(CCCO[Si](C)(C=C)C=C)O[Si](C)(C=C)O1. The highest BCUT2D eigenvalue weighted by molar-refractivity contribution is 6.96. The molecule has 0 aromatic rings. The minimum absolute atomic E-state index is 0.605. The quantitative estimate of drug-likeness (QED) is 0.159. The highest BCUT2D eigenvalue weighted by Crippen LogP contribution is 2.36. The van der Waals surface area contributed by atoms with Crippen molar-refractivity contribution in [1.29, 1.82) is 0 Å². The molecule has 1 heterocycles. The summed E-state index contributed by atoms with van der Waals surface area (Å²) in [7, 11) is -14.7. The zero-order valence-electron chi connectivity index (χ0n) is 23.1. The van der Waals surface area contributed by atoms with E-state index in [4.69, 9.17) is 25.3 Å². The second-order valence-corrected chi connectivity index (χ2v) is 31.5. The standard InChI is InChI=1S/C23H48O6Si6/c1-13-30(6,7)24-20-18-22-34(11)26-32(9,16-4)28-35(12,29-33(10,17-5)27-34)23-19-21-25-31(8,14-2)15-3/h13-17H,1-5,18-23H2,6-12H3. The molecule has 1 aliphatic rings. The molecule has 0 spiro atoms. The summed E-state index contributed by atoms with van der Waals surface area (Å²) in [6.07, 6.45) is 1.66. The fraction of sp³-hybridized carbons (Fsp3) is 0.565. The van der Waals surface area contributed by atoms with Gasteiger partial charge in [0.2, 0.25) is 16.6 Å². The zero-order chi connectivity index (χ0) is 27.0. The largest absolute Gasteiger partial charge is 0.414 e. The lowest BCUT2D eigenvalue weighted by Crippen LogP contribution is -2.66. The lowest BCUT2D eigenvalue weighted by atomic mass is 10.5. The van der Waals surface area contributed by atoms with Crippen molar-refractivity contribution in [2.75, 3.05) is 13.2 Å². The molecule has 0 radical (unpaired) electrons. The van der Waals surface area contributed by atoms with E-state index in [1.54, 1.807) is 0 Å². The van der Waals surface area contributed by atoms with Crippen LogP contribution in [0.5, 0.6) is 0 Å². The summed E-state index contributed by atoms with van der Waals surface area (Å²) in [5, 5.41) is 0. The Bertz CT molecular complexity index is 744. The number of hydrogen-bond acceptors (Lipinski definition) is 6. The van der Waals surface area contributed by atoms with Crippen molar-refractivity contribution in [3.05, 3.63) is 61.4 Å². The van der Waals surface area contributed by atoms with Gasteiger partial charge in [-0.05, 0) is 70.8 Å². The Labute approximate surface area is 221 Å². The molecule has 6 nitrogen and oxygen atoms in total. The Morgan fingerprint density at radius 1 is 0.629 bits per heavy atom. The molecule has 12 heteroatoms. The molecule has 1 rings (SSSR count). The molecule has 2 atom stereocenters. The van der Waals surface area contributed by atoms with Crippen LogP contribution in [0.15, 0.2) is 61.4 Å². The average molecular weight is 589 g/mol. The van der Waals surface area contributed by atoms with Gasteiger partial charge in [-0.3, -0.25) is 0 Å². The molecular weight excluding hydrogens is 541 g/mol. The second kappa shape index (κ2) is 13.0. The van der Waals surface area contributed by atoms with E-state index in [1.165, 1.54) is 0 Å². The third-order valence-corrected chi connectivity index (χ3v) is 27.9. The first-order valence-corrected chi connectivity index (χ1v) is 27.7. The van der Waals surface area contributed by atoms with Crippen molar-refractivity contribution in [3.8, 4) is 0 Å². The molecule has 0 aromatic heterocycles. The van der Waals surface area contributed by atoms with Crippen LogP contribution in [0.4, 0.5) is 0 Å². The van der Waals surface area contributed by atoms with Crippen LogP contribution in [0.1, 0.15) is 12.8 Å². The third-order valence-electron chi connectivity index (χ3n) is 6.16. The highest BCUT2D eigenvalue weighted by atomic mass is 28.5. The predicted octanol–water partition coefficient (Wildman–Crippen LogP) is 6.57. The van der Waals surface area contributed by atoms with Crippen LogP contribution < -0.4 is 0 Å². The molecule has 1 aliphatic heterocycles. The Morgan fingerprint density at radius 3 is 1.31 bits per heavy atom. The smallest absolute Gasteiger partial charge is 0.343 e. The molecule has 200 valence electrons. The van der Waals surface area contributed by atoms with E-state index in [2.05, 4.69) is 65.6 Å². The molecule has 1 saturated heterocycles. The van der Waals surface area contributed by atoms with Crippen LogP contribution in [0, 0.1) is 0 Å². The summed E-state index contributed by atoms with van der Waals surface area (Å²) in [5.74, 6) is 0. The van der Waals surface area contributed by atoms with E-state index in [1.807, 2.05) is 41.6 Å². The van der Waals surface area contributed by atoms with Crippen molar-refractivity contribution in [3.63, 3.8) is 0 Å².